The van der Waals surface area contributed by atoms with Gasteiger partial charge in [-0.25, -0.2) is 9.97 Å². The topological polar surface area (TPSA) is 25.8 Å². The summed E-state index contributed by atoms with van der Waals surface area (Å²) in [7, 11) is 0. The van der Waals surface area contributed by atoms with Crippen molar-refractivity contribution in [1.82, 2.24) is 9.97 Å². The second kappa shape index (κ2) is 4.08. The maximum atomic E-state index is 5.94. The van der Waals surface area contributed by atoms with E-state index in [9.17, 15) is 0 Å². The first-order chi connectivity index (χ1) is 7.08. The van der Waals surface area contributed by atoms with Crippen LogP contribution in [0.2, 0.25) is 10.3 Å². The molecule has 0 unspecified atom stereocenters. The van der Waals surface area contributed by atoms with Crippen molar-refractivity contribution in [3.05, 3.63) is 32.9 Å². The van der Waals surface area contributed by atoms with Crippen molar-refractivity contribution in [2.75, 3.05) is 0 Å². The highest BCUT2D eigenvalue weighted by Crippen LogP contribution is 2.28. The molecule has 0 aliphatic rings. The number of thiophene rings is 1. The molecule has 0 amide bonds. The first kappa shape index (κ1) is 10.9. The third-order valence-electron chi connectivity index (χ3n) is 1.99. The van der Waals surface area contributed by atoms with Crippen LogP contribution in [0, 0.1) is 13.8 Å². The van der Waals surface area contributed by atoms with Crippen molar-refractivity contribution in [3.63, 3.8) is 0 Å². The highest BCUT2D eigenvalue weighted by atomic mass is 35.5. The van der Waals surface area contributed by atoms with Gasteiger partial charge in [-0.1, -0.05) is 23.2 Å². The molecule has 0 saturated carbocycles. The van der Waals surface area contributed by atoms with E-state index in [2.05, 4.69) is 9.97 Å². The normalized spacial score (nSPS) is 10.7. The van der Waals surface area contributed by atoms with Gasteiger partial charge < -0.3 is 0 Å². The Morgan fingerprint density at radius 1 is 1.07 bits per heavy atom. The Morgan fingerprint density at radius 3 is 2.13 bits per heavy atom. The molecule has 0 N–H and O–H groups in total. The van der Waals surface area contributed by atoms with E-state index in [4.69, 9.17) is 23.2 Å². The van der Waals surface area contributed by atoms with Gasteiger partial charge in [-0.2, -0.15) is 0 Å². The van der Waals surface area contributed by atoms with E-state index in [0.717, 1.165) is 10.4 Å². The van der Waals surface area contributed by atoms with Crippen molar-refractivity contribution < 1.29 is 0 Å². The highest BCUT2D eigenvalue weighted by molar-refractivity contribution is 7.15. The molecule has 0 aliphatic heterocycles. The summed E-state index contributed by atoms with van der Waals surface area (Å²) in [5.41, 5.74) is 0.718. The molecule has 0 fully saturated rings. The fraction of sp³-hybridized carbons (Fsp3) is 0.200. The summed E-state index contributed by atoms with van der Waals surface area (Å²) < 4.78 is 0. The summed E-state index contributed by atoms with van der Waals surface area (Å²) in [6.07, 6.45) is 0. The fourth-order valence-corrected chi connectivity index (χ4v) is 2.32. The SMILES string of the molecule is Cc1ccc(-c2nc(Cl)c(C)c(Cl)n2)s1. The molecule has 2 rings (SSSR count). The summed E-state index contributed by atoms with van der Waals surface area (Å²) in [6.45, 7) is 3.83. The van der Waals surface area contributed by atoms with Crippen LogP contribution in [0.4, 0.5) is 0 Å². The number of rotatable bonds is 1. The maximum Gasteiger partial charge on any atom is 0.172 e. The second-order valence-corrected chi connectivity index (χ2v) is 5.17. The standard InChI is InChI=1S/C10H8Cl2N2S/c1-5-3-4-7(15-5)10-13-8(11)6(2)9(12)14-10/h3-4H,1-2H3. The number of halogens is 2. The zero-order valence-electron chi connectivity index (χ0n) is 8.21. The first-order valence-corrected chi connectivity index (χ1v) is 5.91. The molecule has 0 bridgehead atoms. The third kappa shape index (κ3) is 2.14. The summed E-state index contributed by atoms with van der Waals surface area (Å²) in [4.78, 5) is 10.6. The van der Waals surface area contributed by atoms with Gasteiger partial charge in [0, 0.05) is 10.4 Å². The number of nitrogens with zero attached hydrogens (tertiary/aromatic N) is 2. The lowest BCUT2D eigenvalue weighted by molar-refractivity contribution is 1.15. The minimum absolute atomic E-state index is 0.413. The second-order valence-electron chi connectivity index (χ2n) is 3.16. The minimum Gasteiger partial charge on any atom is -0.215 e. The molecule has 0 aromatic carbocycles. The predicted molar refractivity (Wildman–Crippen MR) is 64.8 cm³/mol. The van der Waals surface area contributed by atoms with Gasteiger partial charge >= 0.3 is 0 Å². The smallest absolute Gasteiger partial charge is 0.172 e. The third-order valence-corrected chi connectivity index (χ3v) is 3.72. The van der Waals surface area contributed by atoms with Crippen LogP contribution >= 0.6 is 34.5 Å². The molecule has 0 aliphatic carbocycles. The molecule has 0 saturated heterocycles. The predicted octanol–water partition coefficient (Wildman–Crippen LogP) is 4.13. The molecule has 0 atom stereocenters. The first-order valence-electron chi connectivity index (χ1n) is 4.34. The number of hydrogen-bond donors (Lipinski definition) is 0. The summed E-state index contributed by atoms with van der Waals surface area (Å²) >= 11 is 13.5. The van der Waals surface area contributed by atoms with Crippen LogP contribution in [-0.2, 0) is 0 Å². The molecule has 78 valence electrons. The monoisotopic (exact) mass is 258 g/mol. The van der Waals surface area contributed by atoms with E-state index in [1.807, 2.05) is 19.1 Å². The van der Waals surface area contributed by atoms with Gasteiger partial charge in [0.15, 0.2) is 5.82 Å². The molecular weight excluding hydrogens is 251 g/mol. The van der Waals surface area contributed by atoms with Gasteiger partial charge in [0.2, 0.25) is 0 Å². The molecule has 0 radical (unpaired) electrons. The van der Waals surface area contributed by atoms with Crippen LogP contribution in [0.25, 0.3) is 10.7 Å². The van der Waals surface area contributed by atoms with Gasteiger partial charge in [0.05, 0.1) is 4.88 Å². The molecule has 2 nitrogen and oxygen atoms in total. The van der Waals surface area contributed by atoms with Crippen LogP contribution in [0.3, 0.4) is 0 Å². The molecule has 0 spiro atoms. The summed E-state index contributed by atoms with van der Waals surface area (Å²) in [6, 6.07) is 3.99. The maximum absolute atomic E-state index is 5.94. The van der Waals surface area contributed by atoms with Crippen LogP contribution in [0.5, 0.6) is 0 Å². The van der Waals surface area contributed by atoms with Gasteiger partial charge in [-0.05, 0) is 26.0 Å². The molecule has 5 heteroatoms. The minimum atomic E-state index is 0.413. The average molecular weight is 259 g/mol. The summed E-state index contributed by atoms with van der Waals surface area (Å²) in [5, 5.41) is 0.826. The van der Waals surface area contributed by atoms with Crippen molar-refractivity contribution in [2.24, 2.45) is 0 Å². The molecule has 2 heterocycles. The van der Waals surface area contributed by atoms with Crippen LogP contribution < -0.4 is 0 Å². The lowest BCUT2D eigenvalue weighted by atomic mass is 10.3. The number of aryl methyl sites for hydroxylation is 1. The Labute approximate surface area is 102 Å². The molecule has 2 aromatic rings. The van der Waals surface area contributed by atoms with Gasteiger partial charge in [-0.3, -0.25) is 0 Å². The lowest BCUT2D eigenvalue weighted by Gasteiger charge is -2.02. The zero-order valence-corrected chi connectivity index (χ0v) is 10.5. The lowest BCUT2D eigenvalue weighted by Crippen LogP contribution is -1.92. The largest absolute Gasteiger partial charge is 0.215 e. The van der Waals surface area contributed by atoms with Crippen LogP contribution in [-0.4, -0.2) is 9.97 Å². The van der Waals surface area contributed by atoms with Crippen LogP contribution in [0.1, 0.15) is 10.4 Å². The number of hydrogen-bond acceptors (Lipinski definition) is 3. The van der Waals surface area contributed by atoms with E-state index < -0.39 is 0 Å². The van der Waals surface area contributed by atoms with Crippen molar-refractivity contribution in [2.45, 2.75) is 13.8 Å². The van der Waals surface area contributed by atoms with E-state index >= 15 is 0 Å². The fourth-order valence-electron chi connectivity index (χ4n) is 1.13. The van der Waals surface area contributed by atoms with Crippen molar-refractivity contribution in [1.29, 1.82) is 0 Å². The zero-order chi connectivity index (χ0) is 11.0. The Balaban J connectivity index is 2.55. The Morgan fingerprint density at radius 2 is 1.67 bits per heavy atom. The van der Waals surface area contributed by atoms with E-state index in [-0.39, 0.29) is 0 Å². The number of aromatic nitrogens is 2. The quantitative estimate of drug-likeness (QED) is 0.719. The van der Waals surface area contributed by atoms with Gasteiger partial charge in [0.1, 0.15) is 10.3 Å². The van der Waals surface area contributed by atoms with Crippen molar-refractivity contribution in [3.8, 4) is 10.7 Å². The average Bonchev–Trinajstić information content (AvgIpc) is 2.60. The molecular formula is C10H8Cl2N2S. The van der Waals surface area contributed by atoms with Gasteiger partial charge in [0.25, 0.3) is 0 Å². The van der Waals surface area contributed by atoms with Gasteiger partial charge in [-0.15, -0.1) is 11.3 Å². The Bertz CT molecular complexity index is 485. The van der Waals surface area contributed by atoms with Crippen LogP contribution in [0.15, 0.2) is 12.1 Å². The summed E-state index contributed by atoms with van der Waals surface area (Å²) in [5.74, 6) is 0.591. The van der Waals surface area contributed by atoms with E-state index in [1.165, 1.54) is 4.88 Å². The van der Waals surface area contributed by atoms with E-state index in [1.54, 1.807) is 18.3 Å². The van der Waals surface area contributed by atoms with Crippen molar-refractivity contribution >= 4 is 34.5 Å². The molecule has 15 heavy (non-hydrogen) atoms. The highest BCUT2D eigenvalue weighted by Gasteiger charge is 2.10. The molecule has 2 aromatic heterocycles. The van der Waals surface area contributed by atoms with E-state index in [0.29, 0.717) is 16.1 Å². The Hall–Kier alpha value is -0.640. The Kier molecular flexibility index (Phi) is 2.96.